The van der Waals surface area contributed by atoms with E-state index in [1.54, 1.807) is 11.8 Å². The van der Waals surface area contributed by atoms with Crippen molar-refractivity contribution in [1.29, 1.82) is 0 Å². The smallest absolute Gasteiger partial charge is 0.0973 e. The molecule has 0 N–H and O–H groups in total. The summed E-state index contributed by atoms with van der Waals surface area (Å²) in [5, 5.41) is 3.12. The number of halogens is 1. The van der Waals surface area contributed by atoms with Crippen LogP contribution in [-0.4, -0.2) is 4.98 Å². The van der Waals surface area contributed by atoms with Gasteiger partial charge < -0.3 is 0 Å². The number of fused-ring (bicyclic) bond motifs is 1. The van der Waals surface area contributed by atoms with Crippen LogP contribution in [0.1, 0.15) is 22.3 Å². The van der Waals surface area contributed by atoms with Gasteiger partial charge in [-0.15, -0.1) is 11.8 Å². The summed E-state index contributed by atoms with van der Waals surface area (Å²) in [6, 6.07) is 14.6. The second-order valence-corrected chi connectivity index (χ2v) is 7.04. The van der Waals surface area contributed by atoms with E-state index in [1.807, 2.05) is 18.2 Å². The lowest BCUT2D eigenvalue weighted by Crippen LogP contribution is -1.92. The van der Waals surface area contributed by atoms with Crippen LogP contribution in [0.5, 0.6) is 0 Å². The summed E-state index contributed by atoms with van der Waals surface area (Å²) in [7, 11) is 0. The molecule has 3 heteroatoms. The topological polar surface area (TPSA) is 12.9 Å². The summed E-state index contributed by atoms with van der Waals surface area (Å²) < 4.78 is 0. The number of hydrogen-bond donors (Lipinski definition) is 0. The van der Waals surface area contributed by atoms with Crippen LogP contribution in [0.4, 0.5) is 0 Å². The second-order valence-electron chi connectivity index (χ2n) is 5.64. The first-order chi connectivity index (χ1) is 10.5. The highest BCUT2D eigenvalue weighted by Crippen LogP contribution is 2.30. The molecule has 22 heavy (non-hydrogen) atoms. The van der Waals surface area contributed by atoms with E-state index in [0.717, 1.165) is 26.9 Å². The fourth-order valence-corrected chi connectivity index (χ4v) is 3.91. The molecule has 0 aliphatic carbocycles. The predicted molar refractivity (Wildman–Crippen MR) is 97.0 cm³/mol. The Balaban J connectivity index is 1.94. The molecule has 0 saturated carbocycles. The molecule has 0 atom stereocenters. The molecule has 2 aromatic carbocycles. The first-order valence-electron chi connectivity index (χ1n) is 7.29. The monoisotopic (exact) mass is 327 g/mol. The molecule has 1 heterocycles. The summed E-state index contributed by atoms with van der Waals surface area (Å²) in [6.45, 7) is 6.42. The van der Waals surface area contributed by atoms with E-state index < -0.39 is 0 Å². The maximum atomic E-state index is 6.23. The maximum absolute atomic E-state index is 6.23. The van der Waals surface area contributed by atoms with E-state index in [0.29, 0.717) is 0 Å². The Morgan fingerprint density at radius 2 is 1.77 bits per heavy atom. The molecule has 0 spiro atoms. The van der Waals surface area contributed by atoms with Crippen molar-refractivity contribution >= 4 is 34.3 Å². The van der Waals surface area contributed by atoms with Crippen molar-refractivity contribution in [3.63, 3.8) is 0 Å². The summed E-state index contributed by atoms with van der Waals surface area (Å²) in [5.74, 6) is 0.836. The van der Waals surface area contributed by atoms with Gasteiger partial charge in [0.05, 0.1) is 10.5 Å². The molecule has 0 amide bonds. The third kappa shape index (κ3) is 3.13. The van der Waals surface area contributed by atoms with Gasteiger partial charge in [0.25, 0.3) is 0 Å². The first-order valence-corrected chi connectivity index (χ1v) is 8.66. The minimum atomic E-state index is 0.819. The lowest BCUT2D eigenvalue weighted by atomic mass is 10.0. The van der Waals surface area contributed by atoms with Gasteiger partial charge in [0.15, 0.2) is 0 Å². The Hall–Kier alpha value is -1.51. The van der Waals surface area contributed by atoms with Gasteiger partial charge in [0, 0.05) is 16.2 Å². The number of aromatic nitrogens is 1. The van der Waals surface area contributed by atoms with E-state index in [-0.39, 0.29) is 0 Å². The van der Waals surface area contributed by atoms with Crippen LogP contribution in [-0.2, 0) is 5.75 Å². The van der Waals surface area contributed by atoms with Gasteiger partial charge in [-0.25, -0.2) is 4.98 Å². The van der Waals surface area contributed by atoms with Crippen LogP contribution in [0.15, 0.2) is 47.5 Å². The zero-order chi connectivity index (χ0) is 15.7. The molecule has 112 valence electrons. The molecule has 0 aliphatic heterocycles. The standard InChI is InChI=1S/C19H18ClNS/c1-12-8-14(3)19-16(9-12)13(2)10-18(21-19)22-11-15-6-4-5-7-17(15)20/h4-10H,11H2,1-3H3. The third-order valence-electron chi connectivity index (χ3n) is 3.77. The fraction of sp³-hybridized carbons (Fsp3) is 0.211. The highest BCUT2D eigenvalue weighted by molar-refractivity contribution is 7.98. The molecule has 0 unspecified atom stereocenters. The van der Waals surface area contributed by atoms with E-state index in [9.17, 15) is 0 Å². The van der Waals surface area contributed by atoms with Gasteiger partial charge in [0.1, 0.15) is 0 Å². The highest BCUT2D eigenvalue weighted by atomic mass is 35.5. The zero-order valence-corrected chi connectivity index (χ0v) is 14.6. The number of pyridine rings is 1. The van der Waals surface area contributed by atoms with Gasteiger partial charge in [-0.05, 0) is 55.7 Å². The molecule has 0 bridgehead atoms. The van der Waals surface area contributed by atoms with Gasteiger partial charge in [-0.1, -0.05) is 41.4 Å². The number of rotatable bonds is 3. The van der Waals surface area contributed by atoms with Crippen LogP contribution in [0.25, 0.3) is 10.9 Å². The van der Waals surface area contributed by atoms with Crippen LogP contribution >= 0.6 is 23.4 Å². The minimum Gasteiger partial charge on any atom is -0.241 e. The molecule has 3 rings (SSSR count). The van der Waals surface area contributed by atoms with Gasteiger partial charge in [-0.2, -0.15) is 0 Å². The molecule has 3 aromatic rings. The molecule has 0 radical (unpaired) electrons. The summed E-state index contributed by atoms with van der Waals surface area (Å²) >= 11 is 7.96. The van der Waals surface area contributed by atoms with Crippen LogP contribution in [0.2, 0.25) is 5.02 Å². The SMILES string of the molecule is Cc1cc(C)c2nc(SCc3ccccc3Cl)cc(C)c2c1. The average Bonchev–Trinajstić information content (AvgIpc) is 2.48. The number of hydrogen-bond acceptors (Lipinski definition) is 2. The number of nitrogens with zero attached hydrogens (tertiary/aromatic N) is 1. The number of benzene rings is 2. The average molecular weight is 328 g/mol. The van der Waals surface area contributed by atoms with Crippen molar-refractivity contribution in [3.05, 3.63) is 69.7 Å². The van der Waals surface area contributed by atoms with Gasteiger partial charge in [-0.3, -0.25) is 0 Å². The Kier molecular flexibility index (Phi) is 4.42. The van der Waals surface area contributed by atoms with Crippen molar-refractivity contribution in [2.75, 3.05) is 0 Å². The van der Waals surface area contributed by atoms with Crippen molar-refractivity contribution < 1.29 is 0 Å². The molecular weight excluding hydrogens is 310 g/mol. The largest absolute Gasteiger partial charge is 0.241 e. The van der Waals surface area contributed by atoms with E-state index in [4.69, 9.17) is 16.6 Å². The van der Waals surface area contributed by atoms with Crippen molar-refractivity contribution in [2.45, 2.75) is 31.6 Å². The second kappa shape index (κ2) is 6.31. The quantitative estimate of drug-likeness (QED) is 0.538. The lowest BCUT2D eigenvalue weighted by molar-refractivity contribution is 1.15. The fourth-order valence-electron chi connectivity index (χ4n) is 2.66. The Bertz CT molecular complexity index is 842. The molecule has 0 saturated heterocycles. The summed E-state index contributed by atoms with van der Waals surface area (Å²) in [5.41, 5.74) is 6.05. The predicted octanol–water partition coefficient (Wildman–Crippen LogP) is 6.11. The highest BCUT2D eigenvalue weighted by Gasteiger charge is 2.08. The number of aryl methyl sites for hydroxylation is 3. The Labute approximate surface area is 140 Å². The molecule has 1 nitrogen and oxygen atoms in total. The normalized spacial score (nSPS) is 11.1. The van der Waals surface area contributed by atoms with Gasteiger partial charge >= 0.3 is 0 Å². The Morgan fingerprint density at radius 3 is 2.55 bits per heavy atom. The molecule has 1 aromatic heterocycles. The van der Waals surface area contributed by atoms with E-state index >= 15 is 0 Å². The third-order valence-corrected chi connectivity index (χ3v) is 5.09. The first kappa shape index (κ1) is 15.4. The Morgan fingerprint density at radius 1 is 1.00 bits per heavy atom. The molecule has 0 fully saturated rings. The van der Waals surface area contributed by atoms with Gasteiger partial charge in [0.2, 0.25) is 0 Å². The summed E-state index contributed by atoms with van der Waals surface area (Å²) in [6.07, 6.45) is 0. The van der Waals surface area contributed by atoms with Crippen LogP contribution in [0.3, 0.4) is 0 Å². The molecule has 0 aliphatic rings. The lowest BCUT2D eigenvalue weighted by Gasteiger charge is -2.10. The van der Waals surface area contributed by atoms with Crippen molar-refractivity contribution in [3.8, 4) is 0 Å². The molecular formula is C19H18ClNS. The van der Waals surface area contributed by atoms with Crippen molar-refractivity contribution in [1.82, 2.24) is 4.98 Å². The van der Waals surface area contributed by atoms with Crippen LogP contribution < -0.4 is 0 Å². The van der Waals surface area contributed by atoms with E-state index in [2.05, 4.69) is 45.0 Å². The summed E-state index contributed by atoms with van der Waals surface area (Å²) in [4.78, 5) is 4.84. The maximum Gasteiger partial charge on any atom is 0.0973 e. The van der Waals surface area contributed by atoms with Crippen LogP contribution in [0, 0.1) is 20.8 Å². The zero-order valence-electron chi connectivity index (χ0n) is 13.0. The van der Waals surface area contributed by atoms with Crippen molar-refractivity contribution in [2.24, 2.45) is 0 Å². The number of thioether (sulfide) groups is 1. The minimum absolute atomic E-state index is 0.819. The van der Waals surface area contributed by atoms with E-state index in [1.165, 1.54) is 22.1 Å².